The fraction of sp³-hybridized carbons (Fsp3) is 0.243. The number of nitrogens with zero attached hydrogens (tertiary/aromatic N) is 3. The van der Waals surface area contributed by atoms with Crippen molar-refractivity contribution >= 4 is 48.9 Å². The van der Waals surface area contributed by atoms with Crippen LogP contribution in [-0.4, -0.2) is 34.8 Å². The molecule has 0 bridgehead atoms. The van der Waals surface area contributed by atoms with Crippen LogP contribution in [0.15, 0.2) is 91.3 Å². The summed E-state index contributed by atoms with van der Waals surface area (Å²) in [6.45, 7) is 8.76. The molecule has 4 aromatic carbocycles. The molecule has 8 rings (SSSR count). The molecule has 1 aliphatic rings. The third-order valence-corrected chi connectivity index (χ3v) is 10.5. The fourth-order valence-electron chi connectivity index (χ4n) is 8.25. The van der Waals surface area contributed by atoms with Gasteiger partial charge in [0.1, 0.15) is 16.8 Å². The van der Waals surface area contributed by atoms with Crippen molar-refractivity contribution in [3.8, 4) is 11.3 Å². The van der Waals surface area contributed by atoms with Gasteiger partial charge in [-0.05, 0) is 53.7 Å². The van der Waals surface area contributed by atoms with E-state index in [0.29, 0.717) is 22.9 Å². The fourth-order valence-corrected chi connectivity index (χ4v) is 8.25. The molecule has 8 heteroatoms. The average molecular weight is 607 g/mol. The van der Waals surface area contributed by atoms with Gasteiger partial charge in [-0.1, -0.05) is 67.2 Å². The van der Waals surface area contributed by atoms with Crippen LogP contribution in [-0.2, 0) is 21.9 Å². The van der Waals surface area contributed by atoms with Crippen molar-refractivity contribution in [2.75, 3.05) is 20.3 Å². The lowest BCUT2D eigenvalue weighted by atomic mass is 9.61. The van der Waals surface area contributed by atoms with E-state index in [2.05, 4.69) is 41.1 Å². The number of fused-ring (bicyclic) bond motifs is 11. The first-order valence-electron chi connectivity index (χ1n) is 15.0. The van der Waals surface area contributed by atoms with Crippen LogP contribution in [0.5, 0.6) is 0 Å². The molecule has 1 N–H and O–H groups in total. The molecule has 1 aliphatic heterocycles. The van der Waals surface area contributed by atoms with Gasteiger partial charge in [0.15, 0.2) is 5.52 Å². The second kappa shape index (κ2) is 9.25. The zero-order chi connectivity index (χ0) is 31.5. The average Bonchev–Trinajstić information content (AvgIpc) is 3.54. The molecule has 45 heavy (non-hydrogen) atoms. The molecule has 2 unspecified atom stereocenters. The summed E-state index contributed by atoms with van der Waals surface area (Å²) in [6, 6.07) is 22.8. The predicted molar refractivity (Wildman–Crippen MR) is 171 cm³/mol. The Morgan fingerprint density at radius 3 is 2.38 bits per heavy atom. The Balaban J connectivity index is 1.68. The topological polar surface area (TPSA) is 50.6 Å². The maximum Gasteiger partial charge on any atom is 0.421 e. The van der Waals surface area contributed by atoms with Crippen LogP contribution < -0.4 is 4.57 Å². The Labute approximate surface area is 257 Å². The van der Waals surface area contributed by atoms with Gasteiger partial charge >= 0.3 is 6.18 Å². The lowest BCUT2D eigenvalue weighted by Gasteiger charge is -2.49. The highest BCUT2D eigenvalue weighted by molar-refractivity contribution is 6.20. The molecule has 0 amide bonds. The normalized spacial score (nSPS) is 20.1. The van der Waals surface area contributed by atoms with Gasteiger partial charge in [0.05, 0.1) is 34.0 Å². The Morgan fingerprint density at radius 2 is 1.64 bits per heavy atom. The van der Waals surface area contributed by atoms with E-state index in [1.807, 2.05) is 41.8 Å². The van der Waals surface area contributed by atoms with E-state index in [0.717, 1.165) is 44.0 Å². The summed E-state index contributed by atoms with van der Waals surface area (Å²) in [6.07, 6.45) is -2.74. The Kier molecular flexibility index (Phi) is 5.75. The summed E-state index contributed by atoms with van der Waals surface area (Å²) in [7, 11) is 1.60. The quantitative estimate of drug-likeness (QED) is 0.123. The molecule has 5 nitrogen and oxygen atoms in total. The van der Waals surface area contributed by atoms with Gasteiger partial charge < -0.3 is 14.2 Å². The van der Waals surface area contributed by atoms with Gasteiger partial charge in [-0.2, -0.15) is 13.2 Å². The van der Waals surface area contributed by atoms with Crippen molar-refractivity contribution in [1.82, 2.24) is 9.38 Å². The van der Waals surface area contributed by atoms with Gasteiger partial charge in [0, 0.05) is 35.6 Å². The van der Waals surface area contributed by atoms with Crippen molar-refractivity contribution < 1.29 is 27.6 Å². The monoisotopic (exact) mass is 606 g/mol. The zero-order valence-corrected chi connectivity index (χ0v) is 25.2. The summed E-state index contributed by atoms with van der Waals surface area (Å²) < 4.78 is 54.8. The second-order valence-electron chi connectivity index (χ2n) is 12.5. The molecule has 0 saturated heterocycles. The Bertz CT molecular complexity index is 2360. The molecule has 2 atom stereocenters. The van der Waals surface area contributed by atoms with Crippen LogP contribution in [0.25, 0.3) is 60.1 Å². The van der Waals surface area contributed by atoms with E-state index < -0.39 is 22.7 Å². The number of rotatable bonds is 5. The molecule has 0 fully saturated rings. The first-order chi connectivity index (χ1) is 21.6. The van der Waals surface area contributed by atoms with E-state index >= 15 is 0 Å². The highest BCUT2D eigenvalue weighted by atomic mass is 19.4. The number of benzene rings is 4. The summed E-state index contributed by atoms with van der Waals surface area (Å²) in [5.41, 5.74) is 2.56. The minimum atomic E-state index is -4.64. The van der Waals surface area contributed by atoms with Gasteiger partial charge in [0.25, 0.3) is 6.33 Å². The number of aliphatic hydroxyl groups excluding tert-OH is 1. The maximum absolute atomic E-state index is 15.0. The Morgan fingerprint density at radius 1 is 0.956 bits per heavy atom. The molecular weight excluding hydrogens is 575 g/mol. The summed E-state index contributed by atoms with van der Waals surface area (Å²) >= 11 is 0. The van der Waals surface area contributed by atoms with Crippen LogP contribution in [0.1, 0.15) is 31.5 Å². The zero-order valence-electron chi connectivity index (χ0n) is 25.2. The van der Waals surface area contributed by atoms with Crippen molar-refractivity contribution in [3.63, 3.8) is 0 Å². The van der Waals surface area contributed by atoms with Crippen LogP contribution in [0.4, 0.5) is 13.2 Å². The lowest BCUT2D eigenvalue weighted by Crippen LogP contribution is -2.69. The number of aliphatic hydroxyl groups is 1. The molecule has 0 radical (unpaired) electrons. The molecule has 0 aliphatic carbocycles. The smallest absolute Gasteiger partial charge is 0.396 e. The van der Waals surface area contributed by atoms with Crippen molar-refractivity contribution in [2.45, 2.75) is 37.4 Å². The van der Waals surface area contributed by atoms with Crippen LogP contribution in [0.3, 0.4) is 0 Å². The molecule has 226 valence electrons. The summed E-state index contributed by atoms with van der Waals surface area (Å²) in [5.74, 6) is 0. The highest BCUT2D eigenvalue weighted by Gasteiger charge is 2.59. The number of alkyl halides is 3. The molecular formula is C37H31F3N3O2+. The summed E-state index contributed by atoms with van der Waals surface area (Å²) in [5, 5.41) is 14.7. The van der Waals surface area contributed by atoms with Gasteiger partial charge in [0.2, 0.25) is 0 Å². The largest absolute Gasteiger partial charge is 0.421 e. The first kappa shape index (κ1) is 28.0. The van der Waals surface area contributed by atoms with Gasteiger partial charge in [-0.15, -0.1) is 0 Å². The third kappa shape index (κ3) is 3.36. The standard InChI is InChI=1S/C37H31F3N3O2/c1-21(19-45-4)36(3)35(2,16-17-44)34-29(26-14-9-13-25-24-12-7-8-15-28(24)43(34)32(25)26)33-27-18-22-10-5-6-11-23(22)30(37(38,39)40)31(27)41-20-42(33)36/h5-15,18,20,44H,1,16-17,19H2,2-4H3/q+1. The van der Waals surface area contributed by atoms with Crippen molar-refractivity contribution in [2.24, 2.45) is 0 Å². The van der Waals surface area contributed by atoms with E-state index in [9.17, 15) is 18.3 Å². The number of hydrogen-bond donors (Lipinski definition) is 1. The minimum Gasteiger partial charge on any atom is -0.396 e. The predicted octanol–water partition coefficient (Wildman–Crippen LogP) is 7.93. The van der Waals surface area contributed by atoms with Crippen molar-refractivity contribution in [1.29, 1.82) is 0 Å². The van der Waals surface area contributed by atoms with Gasteiger partial charge in [-0.25, -0.2) is 4.57 Å². The molecule has 7 aromatic rings. The van der Waals surface area contributed by atoms with Crippen LogP contribution in [0.2, 0.25) is 0 Å². The number of halogens is 3. The number of ether oxygens (including phenoxy) is 1. The highest BCUT2D eigenvalue weighted by Crippen LogP contribution is 2.56. The molecule has 0 spiro atoms. The SMILES string of the molecule is C=C(COC)C1(C)[n+]2cnc3c(C(F)(F)F)c4ccccc4cc3c2-c2c(n3c4ccccc4c4cccc2c43)C1(C)CCO. The first-order valence-corrected chi connectivity index (χ1v) is 15.0. The molecule has 0 saturated carbocycles. The van der Waals surface area contributed by atoms with E-state index in [1.54, 1.807) is 25.3 Å². The number of aromatic nitrogens is 3. The van der Waals surface area contributed by atoms with E-state index in [1.165, 1.54) is 12.4 Å². The third-order valence-electron chi connectivity index (χ3n) is 10.5. The second-order valence-corrected chi connectivity index (χ2v) is 12.5. The van der Waals surface area contributed by atoms with Crippen LogP contribution >= 0.6 is 0 Å². The summed E-state index contributed by atoms with van der Waals surface area (Å²) in [4.78, 5) is 4.59. The van der Waals surface area contributed by atoms with Crippen LogP contribution in [0, 0.1) is 0 Å². The number of hydrogen-bond acceptors (Lipinski definition) is 3. The van der Waals surface area contributed by atoms with Gasteiger partial charge in [-0.3, -0.25) is 0 Å². The van der Waals surface area contributed by atoms with E-state index in [-0.39, 0.29) is 24.1 Å². The van der Waals surface area contributed by atoms with Crippen molar-refractivity contribution in [3.05, 3.63) is 103 Å². The molecule has 4 heterocycles. The lowest BCUT2D eigenvalue weighted by molar-refractivity contribution is -0.756. The molecule has 3 aromatic heterocycles. The number of para-hydroxylation sites is 2. The van der Waals surface area contributed by atoms with E-state index in [4.69, 9.17) is 4.74 Å². The number of methoxy groups -OCH3 is 1. The Hall–Kier alpha value is -4.53. The maximum atomic E-state index is 15.0. The minimum absolute atomic E-state index is 0.0987.